The molecule has 0 fully saturated rings. The highest BCUT2D eigenvalue weighted by Gasteiger charge is 2.06. The van der Waals surface area contributed by atoms with Crippen molar-refractivity contribution in [3.63, 3.8) is 0 Å². The van der Waals surface area contributed by atoms with Crippen LogP contribution in [0.4, 0.5) is 0 Å². The van der Waals surface area contributed by atoms with Gasteiger partial charge in [-0.3, -0.25) is 9.59 Å². The summed E-state index contributed by atoms with van der Waals surface area (Å²) in [6.45, 7) is 1.51. The Morgan fingerprint density at radius 1 is 1.11 bits per heavy atom. The van der Waals surface area contributed by atoms with Crippen molar-refractivity contribution in [3.8, 4) is 11.3 Å². The molecule has 0 aliphatic rings. The van der Waals surface area contributed by atoms with Gasteiger partial charge in [-0.05, 0) is 25.1 Å². The van der Waals surface area contributed by atoms with E-state index in [1.54, 1.807) is 36.4 Å². The second-order valence-electron chi connectivity index (χ2n) is 3.91. The van der Waals surface area contributed by atoms with Crippen LogP contribution in [0.15, 0.2) is 42.5 Å². The summed E-state index contributed by atoms with van der Waals surface area (Å²) in [5, 5.41) is 0. The second kappa shape index (κ2) is 4.79. The molecule has 4 heteroatoms. The minimum absolute atomic E-state index is 0.0112. The number of hydrogen-bond donors (Lipinski definition) is 1. The average molecular weight is 240 g/mol. The normalized spacial score (nSPS) is 10.1. The number of rotatable bonds is 3. The van der Waals surface area contributed by atoms with Crippen molar-refractivity contribution in [1.29, 1.82) is 0 Å². The Hall–Kier alpha value is -2.49. The minimum atomic E-state index is -0.570. The fraction of sp³-hybridized carbons (Fsp3) is 0.0714. The molecule has 1 heterocycles. The summed E-state index contributed by atoms with van der Waals surface area (Å²) < 4.78 is 0. The van der Waals surface area contributed by atoms with Crippen LogP contribution in [0.25, 0.3) is 11.3 Å². The van der Waals surface area contributed by atoms with Gasteiger partial charge < -0.3 is 5.73 Å². The molecule has 0 spiro atoms. The molecule has 18 heavy (non-hydrogen) atoms. The van der Waals surface area contributed by atoms with Gasteiger partial charge in [-0.2, -0.15) is 0 Å². The number of carbonyl (C=O) groups excluding carboxylic acids is 2. The molecule has 0 radical (unpaired) electrons. The highest BCUT2D eigenvalue weighted by Crippen LogP contribution is 2.18. The molecule has 2 rings (SSSR count). The van der Waals surface area contributed by atoms with Gasteiger partial charge in [-0.25, -0.2) is 4.98 Å². The molecule has 0 saturated heterocycles. The molecule has 1 aromatic heterocycles. The van der Waals surface area contributed by atoms with E-state index in [0.29, 0.717) is 11.3 Å². The van der Waals surface area contributed by atoms with Crippen LogP contribution in [0.1, 0.15) is 27.8 Å². The van der Waals surface area contributed by atoms with Gasteiger partial charge in [0.15, 0.2) is 5.78 Å². The average Bonchev–Trinajstić information content (AvgIpc) is 2.39. The predicted molar refractivity (Wildman–Crippen MR) is 68.2 cm³/mol. The minimum Gasteiger partial charge on any atom is -0.364 e. The molecule has 0 aliphatic carbocycles. The number of nitrogens with zero attached hydrogens (tertiary/aromatic N) is 1. The zero-order chi connectivity index (χ0) is 13.1. The Morgan fingerprint density at radius 3 is 2.50 bits per heavy atom. The summed E-state index contributed by atoms with van der Waals surface area (Å²) >= 11 is 0. The summed E-state index contributed by atoms with van der Waals surface area (Å²) in [5.41, 5.74) is 7.41. The lowest BCUT2D eigenvalue weighted by atomic mass is 10.1. The number of amides is 1. The molecule has 1 amide bonds. The molecule has 0 aliphatic heterocycles. The lowest BCUT2D eigenvalue weighted by molar-refractivity contribution is 0.0992. The fourth-order valence-electron chi connectivity index (χ4n) is 1.63. The van der Waals surface area contributed by atoms with E-state index in [2.05, 4.69) is 4.98 Å². The molecular formula is C14H12N2O2. The Kier molecular flexibility index (Phi) is 3.19. The number of benzene rings is 1. The van der Waals surface area contributed by atoms with E-state index >= 15 is 0 Å². The number of aromatic nitrogens is 1. The van der Waals surface area contributed by atoms with E-state index in [-0.39, 0.29) is 11.5 Å². The molecule has 0 atom stereocenters. The van der Waals surface area contributed by atoms with Crippen LogP contribution in [0.2, 0.25) is 0 Å². The van der Waals surface area contributed by atoms with Crippen LogP contribution >= 0.6 is 0 Å². The van der Waals surface area contributed by atoms with Crippen molar-refractivity contribution in [2.24, 2.45) is 5.73 Å². The Bertz CT molecular complexity index is 565. The first-order valence-electron chi connectivity index (χ1n) is 5.46. The van der Waals surface area contributed by atoms with Crippen LogP contribution in [0, 0.1) is 0 Å². The largest absolute Gasteiger partial charge is 0.364 e. The van der Waals surface area contributed by atoms with Crippen molar-refractivity contribution in [2.45, 2.75) is 6.92 Å². The van der Waals surface area contributed by atoms with Crippen molar-refractivity contribution >= 4 is 11.7 Å². The third-order valence-electron chi connectivity index (χ3n) is 2.57. The van der Waals surface area contributed by atoms with E-state index in [1.165, 1.54) is 6.92 Å². The smallest absolute Gasteiger partial charge is 0.267 e. The van der Waals surface area contributed by atoms with Crippen LogP contribution in [0.3, 0.4) is 0 Å². The van der Waals surface area contributed by atoms with Crippen LogP contribution in [-0.2, 0) is 0 Å². The van der Waals surface area contributed by atoms with Gasteiger partial charge in [-0.1, -0.05) is 24.3 Å². The number of primary amides is 1. The zero-order valence-corrected chi connectivity index (χ0v) is 9.88. The third-order valence-corrected chi connectivity index (χ3v) is 2.57. The SMILES string of the molecule is CC(=O)c1cccc(-c2cccc(C(N)=O)n2)c1. The van der Waals surface area contributed by atoms with Crippen molar-refractivity contribution in [2.75, 3.05) is 0 Å². The standard InChI is InChI=1S/C14H12N2O2/c1-9(17)10-4-2-5-11(8-10)12-6-3-7-13(16-12)14(15)18/h2-8H,1H3,(H2,15,18). The van der Waals surface area contributed by atoms with Crippen LogP contribution in [0.5, 0.6) is 0 Å². The number of Topliss-reactive ketones (excluding diaryl/α,β-unsaturated/α-hetero) is 1. The summed E-state index contributed by atoms with van der Waals surface area (Å²) in [6.07, 6.45) is 0. The maximum absolute atomic E-state index is 11.3. The number of ketones is 1. The first kappa shape index (κ1) is 12.0. The summed E-state index contributed by atoms with van der Waals surface area (Å²) in [5.74, 6) is -0.581. The van der Waals surface area contributed by atoms with Crippen molar-refractivity contribution in [3.05, 3.63) is 53.7 Å². The third kappa shape index (κ3) is 2.43. The monoisotopic (exact) mass is 240 g/mol. The van der Waals surface area contributed by atoms with Gasteiger partial charge in [0.2, 0.25) is 0 Å². The van der Waals surface area contributed by atoms with Crippen LogP contribution in [-0.4, -0.2) is 16.7 Å². The van der Waals surface area contributed by atoms with Crippen molar-refractivity contribution < 1.29 is 9.59 Å². The van der Waals surface area contributed by atoms with Crippen LogP contribution < -0.4 is 5.73 Å². The molecule has 2 aromatic rings. The number of hydrogen-bond acceptors (Lipinski definition) is 3. The summed E-state index contributed by atoms with van der Waals surface area (Å²) in [7, 11) is 0. The summed E-state index contributed by atoms with van der Waals surface area (Å²) in [4.78, 5) is 26.5. The lowest BCUT2D eigenvalue weighted by Gasteiger charge is -2.04. The summed E-state index contributed by atoms with van der Waals surface area (Å²) in [6, 6.07) is 12.1. The van der Waals surface area contributed by atoms with Gasteiger partial charge in [0.25, 0.3) is 5.91 Å². The maximum atomic E-state index is 11.3. The van der Waals surface area contributed by atoms with E-state index in [4.69, 9.17) is 5.73 Å². The topological polar surface area (TPSA) is 73.1 Å². The first-order chi connectivity index (χ1) is 8.58. The molecular weight excluding hydrogens is 228 g/mol. The van der Waals surface area contributed by atoms with Gasteiger partial charge in [0, 0.05) is 11.1 Å². The quantitative estimate of drug-likeness (QED) is 0.834. The van der Waals surface area contributed by atoms with Gasteiger partial charge in [0.05, 0.1) is 5.69 Å². The number of pyridine rings is 1. The van der Waals surface area contributed by atoms with E-state index in [9.17, 15) is 9.59 Å². The second-order valence-corrected chi connectivity index (χ2v) is 3.91. The lowest BCUT2D eigenvalue weighted by Crippen LogP contribution is -2.13. The van der Waals surface area contributed by atoms with E-state index < -0.39 is 5.91 Å². The maximum Gasteiger partial charge on any atom is 0.267 e. The van der Waals surface area contributed by atoms with Gasteiger partial charge in [-0.15, -0.1) is 0 Å². The first-order valence-corrected chi connectivity index (χ1v) is 5.46. The Morgan fingerprint density at radius 2 is 1.83 bits per heavy atom. The van der Waals surface area contributed by atoms with Gasteiger partial charge in [0.1, 0.15) is 5.69 Å². The van der Waals surface area contributed by atoms with Gasteiger partial charge >= 0.3 is 0 Å². The number of nitrogens with two attached hydrogens (primary N) is 1. The van der Waals surface area contributed by atoms with Crippen molar-refractivity contribution in [1.82, 2.24) is 4.98 Å². The van der Waals surface area contributed by atoms with E-state index in [0.717, 1.165) is 5.56 Å². The Labute approximate surface area is 104 Å². The highest BCUT2D eigenvalue weighted by molar-refractivity contribution is 5.95. The molecule has 0 bridgehead atoms. The zero-order valence-electron chi connectivity index (χ0n) is 9.88. The number of carbonyl (C=O) groups is 2. The Balaban J connectivity index is 2.48. The molecule has 0 saturated carbocycles. The molecule has 2 N–H and O–H groups in total. The molecule has 0 unspecified atom stereocenters. The molecule has 1 aromatic carbocycles. The molecule has 90 valence electrons. The van der Waals surface area contributed by atoms with E-state index in [1.807, 2.05) is 6.07 Å². The molecule has 4 nitrogen and oxygen atoms in total. The fourth-order valence-corrected chi connectivity index (χ4v) is 1.63. The predicted octanol–water partition coefficient (Wildman–Crippen LogP) is 2.05. The highest BCUT2D eigenvalue weighted by atomic mass is 16.1.